The molecule has 0 saturated carbocycles. The Kier molecular flexibility index (Phi) is 6.92. The molecule has 0 bridgehead atoms. The van der Waals surface area contributed by atoms with Crippen LogP contribution >= 0.6 is 0 Å². The number of para-hydroxylation sites is 3. The van der Waals surface area contributed by atoms with Gasteiger partial charge in [-0.25, -0.2) is 15.0 Å². The largest absolute Gasteiger partial charge is 0.309 e. The lowest BCUT2D eigenvalue weighted by atomic mass is 10.0. The summed E-state index contributed by atoms with van der Waals surface area (Å²) >= 11 is 0. The Labute approximate surface area is 328 Å². The second-order valence-corrected chi connectivity index (χ2v) is 14.8. The summed E-state index contributed by atoms with van der Waals surface area (Å²) < 4.78 is 4.63. The molecule has 0 amide bonds. The smallest absolute Gasteiger partial charge is 0.161 e. The van der Waals surface area contributed by atoms with E-state index in [9.17, 15) is 0 Å². The van der Waals surface area contributed by atoms with Gasteiger partial charge in [-0.3, -0.25) is 4.57 Å². The van der Waals surface area contributed by atoms with Crippen molar-refractivity contribution in [2.24, 2.45) is 0 Å². The molecule has 0 fully saturated rings. The first-order chi connectivity index (χ1) is 28.3. The minimum absolute atomic E-state index is 0.680. The Morgan fingerprint density at radius 1 is 0.404 bits per heavy atom. The predicted molar refractivity (Wildman–Crippen MR) is 233 cm³/mol. The number of fused-ring (bicyclic) bond motifs is 9. The van der Waals surface area contributed by atoms with E-state index in [0.29, 0.717) is 5.82 Å². The summed E-state index contributed by atoms with van der Waals surface area (Å²) in [6, 6.07) is 64.8. The summed E-state index contributed by atoms with van der Waals surface area (Å²) in [5, 5.41) is 4.87. The number of benzene rings is 7. The molecule has 0 unspecified atom stereocenters. The van der Waals surface area contributed by atoms with Crippen molar-refractivity contribution in [3.63, 3.8) is 0 Å². The van der Waals surface area contributed by atoms with Gasteiger partial charge in [0.2, 0.25) is 0 Å². The fraction of sp³-hybridized carbons (Fsp3) is 0.0192. The third-order valence-electron chi connectivity index (χ3n) is 11.6. The summed E-state index contributed by atoms with van der Waals surface area (Å²) in [4.78, 5) is 15.5. The first-order valence-corrected chi connectivity index (χ1v) is 19.4. The maximum Gasteiger partial charge on any atom is 0.161 e. The maximum absolute atomic E-state index is 5.19. The Hall–Kier alpha value is -7.63. The van der Waals surface area contributed by atoms with Crippen molar-refractivity contribution in [1.29, 1.82) is 0 Å². The minimum atomic E-state index is 0.680. The van der Waals surface area contributed by atoms with Crippen molar-refractivity contribution < 1.29 is 0 Å². The number of rotatable bonds is 5. The number of nitrogens with zero attached hydrogens (tertiary/aromatic N) is 5. The van der Waals surface area contributed by atoms with E-state index in [4.69, 9.17) is 15.0 Å². The van der Waals surface area contributed by atoms with Crippen molar-refractivity contribution in [1.82, 2.24) is 24.1 Å². The van der Waals surface area contributed by atoms with Gasteiger partial charge in [-0.2, -0.15) is 0 Å². The first-order valence-electron chi connectivity index (χ1n) is 19.4. The highest BCUT2D eigenvalue weighted by atomic mass is 15.1. The average molecular weight is 728 g/mol. The van der Waals surface area contributed by atoms with Crippen LogP contribution in [0.25, 0.3) is 100 Å². The van der Waals surface area contributed by atoms with E-state index in [2.05, 4.69) is 185 Å². The monoisotopic (exact) mass is 727 g/mol. The van der Waals surface area contributed by atoms with Crippen molar-refractivity contribution in [3.8, 4) is 56.5 Å². The zero-order valence-electron chi connectivity index (χ0n) is 30.8. The number of hydrogen-bond acceptors (Lipinski definition) is 3. The molecule has 5 nitrogen and oxygen atoms in total. The van der Waals surface area contributed by atoms with E-state index in [1.165, 1.54) is 60.4 Å². The van der Waals surface area contributed by atoms with E-state index in [1.807, 2.05) is 12.3 Å². The fourth-order valence-corrected chi connectivity index (χ4v) is 8.99. The molecule has 0 spiro atoms. The molecule has 0 N–H and O–H groups in total. The van der Waals surface area contributed by atoms with Gasteiger partial charge in [-0.1, -0.05) is 121 Å². The zero-order valence-corrected chi connectivity index (χ0v) is 30.8. The number of aromatic nitrogens is 5. The van der Waals surface area contributed by atoms with E-state index < -0.39 is 0 Å². The summed E-state index contributed by atoms with van der Waals surface area (Å²) in [6.07, 6.45) is 2.75. The molecular formula is C52H33N5. The summed E-state index contributed by atoms with van der Waals surface area (Å²) in [7, 11) is 0. The Morgan fingerprint density at radius 3 is 1.67 bits per heavy atom. The van der Waals surface area contributed by atoms with Gasteiger partial charge in [0.1, 0.15) is 5.82 Å². The number of pyridine rings is 1. The second-order valence-electron chi connectivity index (χ2n) is 14.8. The standard InChI is InChI=1S/C52H33N5/c1-3-13-33(14-4-1)50-44-31-36-15-7-8-18-39(36)51(44)55-52(54-50)37-25-28-49(53-32-37)57-46-22-12-10-20-41(46)43-30-35(24-27-48(43)57)34-23-26-47-42(29-34)40-19-9-11-21-45(40)56(47)38-16-5-2-6-17-38/h1-30,32H,31H2. The summed E-state index contributed by atoms with van der Waals surface area (Å²) in [5.74, 6) is 1.53. The summed E-state index contributed by atoms with van der Waals surface area (Å²) in [6.45, 7) is 0. The molecule has 1 aliphatic carbocycles. The highest BCUT2D eigenvalue weighted by Gasteiger charge is 2.26. The van der Waals surface area contributed by atoms with Crippen LogP contribution in [0.3, 0.4) is 0 Å². The van der Waals surface area contributed by atoms with Crippen LogP contribution in [-0.2, 0) is 6.42 Å². The third kappa shape index (κ3) is 4.92. The molecule has 0 atom stereocenters. The minimum Gasteiger partial charge on any atom is -0.309 e. The van der Waals surface area contributed by atoms with Crippen LogP contribution in [0.2, 0.25) is 0 Å². The molecule has 12 rings (SSSR count). The third-order valence-corrected chi connectivity index (χ3v) is 11.6. The van der Waals surface area contributed by atoms with Crippen molar-refractivity contribution in [2.75, 3.05) is 0 Å². The van der Waals surface area contributed by atoms with Gasteiger partial charge in [0, 0.05) is 62.1 Å². The Morgan fingerprint density at radius 2 is 0.965 bits per heavy atom. The fourth-order valence-electron chi connectivity index (χ4n) is 8.99. The first kappa shape index (κ1) is 31.7. The highest BCUT2D eigenvalue weighted by molar-refractivity contribution is 6.12. The lowest BCUT2D eigenvalue weighted by Gasteiger charge is -2.12. The van der Waals surface area contributed by atoms with E-state index >= 15 is 0 Å². The van der Waals surface area contributed by atoms with Crippen LogP contribution in [-0.4, -0.2) is 24.1 Å². The van der Waals surface area contributed by atoms with E-state index in [0.717, 1.165) is 51.5 Å². The van der Waals surface area contributed by atoms with Crippen molar-refractivity contribution >= 4 is 43.6 Å². The molecule has 0 radical (unpaired) electrons. The average Bonchev–Trinajstić information content (AvgIpc) is 3.94. The molecule has 0 saturated heterocycles. The van der Waals surface area contributed by atoms with Gasteiger partial charge in [-0.05, 0) is 77.4 Å². The second kappa shape index (κ2) is 12.4. The SMILES string of the molecule is c1ccc(-c2nc(-c3ccc(-n4c5ccccc5c5cc(-c6ccc7c(c6)c6ccccc6n7-c6ccccc6)ccc54)nc3)nc3c2Cc2ccccc2-3)cc1. The van der Waals surface area contributed by atoms with Crippen LogP contribution in [0.4, 0.5) is 0 Å². The zero-order chi connectivity index (χ0) is 37.5. The Balaban J connectivity index is 0.963. The molecule has 266 valence electrons. The summed E-state index contributed by atoms with van der Waals surface area (Å²) in [5.41, 5.74) is 15.8. The quantitative estimate of drug-likeness (QED) is 0.177. The van der Waals surface area contributed by atoms with E-state index in [1.54, 1.807) is 0 Å². The molecular weight excluding hydrogens is 695 g/mol. The van der Waals surface area contributed by atoms with E-state index in [-0.39, 0.29) is 0 Å². The normalized spacial score (nSPS) is 12.1. The molecule has 1 aliphatic rings. The van der Waals surface area contributed by atoms with Gasteiger partial charge in [0.05, 0.1) is 33.5 Å². The van der Waals surface area contributed by atoms with Gasteiger partial charge in [0.15, 0.2) is 5.82 Å². The maximum atomic E-state index is 5.19. The van der Waals surface area contributed by atoms with Gasteiger partial charge in [-0.15, -0.1) is 0 Å². The molecule has 7 aromatic carbocycles. The van der Waals surface area contributed by atoms with Gasteiger partial charge >= 0.3 is 0 Å². The molecule has 4 aromatic heterocycles. The predicted octanol–water partition coefficient (Wildman–Crippen LogP) is 12.6. The van der Waals surface area contributed by atoms with Crippen LogP contribution < -0.4 is 0 Å². The molecule has 4 heterocycles. The van der Waals surface area contributed by atoms with Crippen molar-refractivity contribution in [3.05, 3.63) is 199 Å². The highest BCUT2D eigenvalue weighted by Crippen LogP contribution is 2.42. The van der Waals surface area contributed by atoms with Gasteiger partial charge in [0.25, 0.3) is 0 Å². The van der Waals surface area contributed by atoms with Crippen LogP contribution in [0.1, 0.15) is 11.1 Å². The molecule has 5 heteroatoms. The van der Waals surface area contributed by atoms with Crippen molar-refractivity contribution in [2.45, 2.75) is 6.42 Å². The lowest BCUT2D eigenvalue weighted by molar-refractivity contribution is 1.07. The topological polar surface area (TPSA) is 48.5 Å². The van der Waals surface area contributed by atoms with Crippen LogP contribution in [0, 0.1) is 0 Å². The molecule has 0 aliphatic heterocycles. The van der Waals surface area contributed by atoms with Crippen LogP contribution in [0.15, 0.2) is 188 Å². The van der Waals surface area contributed by atoms with Crippen LogP contribution in [0.5, 0.6) is 0 Å². The number of hydrogen-bond donors (Lipinski definition) is 0. The Bertz CT molecular complexity index is 3360. The molecule has 57 heavy (non-hydrogen) atoms. The lowest BCUT2D eigenvalue weighted by Crippen LogP contribution is -2.01. The van der Waals surface area contributed by atoms with Gasteiger partial charge < -0.3 is 4.57 Å². The molecule has 11 aromatic rings.